The number of aliphatic hydroxyl groups excluding tert-OH is 2. The van der Waals surface area contributed by atoms with Crippen LogP contribution in [0.5, 0.6) is 0 Å². The highest BCUT2D eigenvalue weighted by molar-refractivity contribution is 5.67. The van der Waals surface area contributed by atoms with Gasteiger partial charge in [-0.3, -0.25) is 4.90 Å². The molecule has 5 aliphatic heterocycles. The fourth-order valence-electron chi connectivity index (χ4n) is 7.88. The molecule has 6 unspecified atom stereocenters. The van der Waals surface area contributed by atoms with Gasteiger partial charge in [0.1, 0.15) is 6.23 Å². The Hall–Kier alpha value is -1.10. The standard InChI is InChI=1S/C20H26N2O2/c1-3-10-11-8-14-17-20(12-6-4-5-7-13(12)21(17)2)9-15(16(11)18(20)23)22(14)19(10)24/h4-7,10-11,14-19,23-24H,3,8-9H2,1-2H3/t10-,11?,14?,15-,16?,17?,18?,19+,20+/m0/s1. The summed E-state index contributed by atoms with van der Waals surface area (Å²) in [5.41, 5.74) is 2.51. The third-order valence-electron chi connectivity index (χ3n) is 8.46. The number of aliphatic hydroxyl groups is 2. The van der Waals surface area contributed by atoms with Gasteiger partial charge in [0.05, 0.1) is 12.1 Å². The first kappa shape index (κ1) is 14.1. The number of piperidine rings is 4. The summed E-state index contributed by atoms with van der Waals surface area (Å²) >= 11 is 0. The molecule has 4 saturated heterocycles. The highest BCUT2D eigenvalue weighted by atomic mass is 16.3. The topological polar surface area (TPSA) is 46.9 Å². The largest absolute Gasteiger partial charge is 0.392 e. The molecule has 5 bridgehead atoms. The van der Waals surface area contributed by atoms with Gasteiger partial charge in [0.25, 0.3) is 0 Å². The first-order chi connectivity index (χ1) is 11.6. The third-order valence-corrected chi connectivity index (χ3v) is 8.46. The van der Waals surface area contributed by atoms with Gasteiger partial charge in [0.2, 0.25) is 0 Å². The van der Waals surface area contributed by atoms with Crippen molar-refractivity contribution in [2.75, 3.05) is 11.9 Å². The zero-order valence-corrected chi connectivity index (χ0v) is 14.3. The minimum Gasteiger partial charge on any atom is -0.392 e. The zero-order valence-electron chi connectivity index (χ0n) is 14.3. The Morgan fingerprint density at radius 2 is 2.00 bits per heavy atom. The van der Waals surface area contributed by atoms with Gasteiger partial charge in [-0.1, -0.05) is 25.1 Å². The van der Waals surface area contributed by atoms with Crippen LogP contribution in [0, 0.1) is 17.8 Å². The Kier molecular flexibility index (Phi) is 2.45. The number of likely N-dealkylation sites (N-methyl/N-ethyl adjacent to an activating group) is 1. The van der Waals surface area contributed by atoms with E-state index in [4.69, 9.17) is 0 Å². The molecule has 1 aromatic carbocycles. The van der Waals surface area contributed by atoms with Gasteiger partial charge in [0.15, 0.2) is 0 Å². The maximum atomic E-state index is 11.6. The number of benzene rings is 1. The van der Waals surface area contributed by atoms with Crippen molar-refractivity contribution in [1.82, 2.24) is 4.90 Å². The number of fused-ring (bicyclic) bond motifs is 2. The normalized spacial score (nSPS) is 55.8. The van der Waals surface area contributed by atoms with Crippen molar-refractivity contribution in [1.29, 1.82) is 0 Å². The van der Waals surface area contributed by atoms with Crippen molar-refractivity contribution in [3.63, 3.8) is 0 Å². The third kappa shape index (κ3) is 1.20. The van der Waals surface area contributed by atoms with E-state index in [1.807, 2.05) is 0 Å². The molecule has 5 fully saturated rings. The van der Waals surface area contributed by atoms with E-state index >= 15 is 0 Å². The van der Waals surface area contributed by atoms with Gasteiger partial charge in [-0.25, -0.2) is 0 Å². The first-order valence-electron chi connectivity index (χ1n) is 9.57. The van der Waals surface area contributed by atoms with Crippen LogP contribution in [0.2, 0.25) is 0 Å². The molecular weight excluding hydrogens is 300 g/mol. The van der Waals surface area contributed by atoms with Crippen LogP contribution >= 0.6 is 0 Å². The molecule has 10 atom stereocenters. The first-order valence-corrected chi connectivity index (χ1v) is 9.57. The van der Waals surface area contributed by atoms with Crippen molar-refractivity contribution in [2.24, 2.45) is 17.8 Å². The van der Waals surface area contributed by atoms with Crippen LogP contribution in [0.15, 0.2) is 24.3 Å². The molecule has 1 saturated carbocycles. The SMILES string of the molecule is CC[C@H]1C2CC3C4N(C)c5ccccc5[C@]45C[C@@H](C2C5O)N3[C@@H]1O. The van der Waals surface area contributed by atoms with E-state index in [9.17, 15) is 10.2 Å². The van der Waals surface area contributed by atoms with Crippen LogP contribution in [0.3, 0.4) is 0 Å². The lowest BCUT2D eigenvalue weighted by Crippen LogP contribution is -2.72. The molecule has 0 aromatic heterocycles. The average Bonchev–Trinajstić information content (AvgIpc) is 2.97. The summed E-state index contributed by atoms with van der Waals surface area (Å²) < 4.78 is 0. The van der Waals surface area contributed by atoms with E-state index in [-0.39, 0.29) is 17.7 Å². The molecule has 1 aliphatic carbocycles. The second-order valence-corrected chi connectivity index (χ2v) is 8.81. The highest BCUT2D eigenvalue weighted by Crippen LogP contribution is 2.68. The van der Waals surface area contributed by atoms with Crippen LogP contribution in [0.1, 0.15) is 31.7 Å². The molecular formula is C20H26N2O2. The number of hydrogen-bond donors (Lipinski definition) is 2. The summed E-state index contributed by atoms with van der Waals surface area (Å²) in [5, 5.41) is 22.6. The number of hydrogen-bond acceptors (Lipinski definition) is 4. The van der Waals surface area contributed by atoms with E-state index < -0.39 is 0 Å². The fourth-order valence-corrected chi connectivity index (χ4v) is 7.88. The monoisotopic (exact) mass is 326 g/mol. The minimum atomic E-state index is -0.319. The van der Waals surface area contributed by atoms with E-state index in [1.54, 1.807) is 0 Å². The van der Waals surface area contributed by atoms with E-state index in [2.05, 4.69) is 48.0 Å². The number of anilines is 1. The highest BCUT2D eigenvalue weighted by Gasteiger charge is 2.76. The van der Waals surface area contributed by atoms with Crippen molar-refractivity contribution in [2.45, 2.75) is 62.1 Å². The second kappa shape index (κ2) is 4.17. The molecule has 1 spiro atoms. The van der Waals surface area contributed by atoms with Crippen LogP contribution < -0.4 is 4.90 Å². The molecule has 128 valence electrons. The molecule has 24 heavy (non-hydrogen) atoms. The summed E-state index contributed by atoms with van der Waals surface area (Å²) in [6.45, 7) is 2.19. The van der Waals surface area contributed by atoms with Crippen molar-refractivity contribution >= 4 is 5.69 Å². The molecule has 0 radical (unpaired) electrons. The lowest BCUT2D eigenvalue weighted by atomic mass is 9.62. The second-order valence-electron chi connectivity index (χ2n) is 8.81. The lowest BCUT2D eigenvalue weighted by molar-refractivity contribution is -0.211. The quantitative estimate of drug-likeness (QED) is 0.822. The van der Waals surface area contributed by atoms with Gasteiger partial charge >= 0.3 is 0 Å². The summed E-state index contributed by atoms with van der Waals surface area (Å²) in [6.07, 6.45) is 2.56. The summed E-state index contributed by atoms with van der Waals surface area (Å²) in [4.78, 5) is 4.83. The van der Waals surface area contributed by atoms with E-state index in [0.29, 0.717) is 35.9 Å². The molecule has 2 N–H and O–H groups in total. The Bertz CT molecular complexity index is 723. The Labute approximate surface area is 143 Å². The molecule has 1 aromatic rings. The van der Waals surface area contributed by atoms with Gasteiger partial charge in [-0.15, -0.1) is 0 Å². The van der Waals surface area contributed by atoms with Gasteiger partial charge < -0.3 is 15.1 Å². The van der Waals surface area contributed by atoms with E-state index in [0.717, 1.165) is 19.3 Å². The van der Waals surface area contributed by atoms with E-state index in [1.165, 1.54) is 11.3 Å². The maximum Gasteiger partial charge on any atom is 0.111 e. The van der Waals surface area contributed by atoms with Crippen molar-refractivity contribution in [3.8, 4) is 0 Å². The lowest BCUT2D eigenvalue weighted by Gasteiger charge is -2.62. The van der Waals surface area contributed by atoms with Crippen LogP contribution in [0.4, 0.5) is 5.69 Å². The molecule has 5 heterocycles. The van der Waals surface area contributed by atoms with Crippen molar-refractivity contribution in [3.05, 3.63) is 29.8 Å². The molecule has 6 aliphatic rings. The fraction of sp³-hybridized carbons (Fsp3) is 0.700. The average molecular weight is 326 g/mol. The van der Waals surface area contributed by atoms with Gasteiger partial charge in [-0.2, -0.15) is 0 Å². The Morgan fingerprint density at radius 3 is 2.79 bits per heavy atom. The number of nitrogens with zero attached hydrogens (tertiary/aromatic N) is 2. The van der Waals surface area contributed by atoms with Crippen LogP contribution in [0.25, 0.3) is 0 Å². The van der Waals surface area contributed by atoms with Gasteiger partial charge in [-0.05, 0) is 36.8 Å². The van der Waals surface area contributed by atoms with Crippen LogP contribution in [-0.4, -0.2) is 52.6 Å². The maximum absolute atomic E-state index is 11.6. The predicted octanol–water partition coefficient (Wildman–Crippen LogP) is 1.55. The number of rotatable bonds is 1. The van der Waals surface area contributed by atoms with Crippen LogP contribution in [-0.2, 0) is 5.41 Å². The summed E-state index contributed by atoms with van der Waals surface area (Å²) in [5.74, 6) is 1.14. The Balaban J connectivity index is 1.60. The van der Waals surface area contributed by atoms with Crippen molar-refractivity contribution < 1.29 is 10.2 Å². The number of para-hydroxylation sites is 1. The predicted molar refractivity (Wildman–Crippen MR) is 91.7 cm³/mol. The zero-order chi connectivity index (χ0) is 16.4. The Morgan fingerprint density at radius 1 is 1.21 bits per heavy atom. The molecule has 4 heteroatoms. The minimum absolute atomic E-state index is 0.126. The molecule has 4 nitrogen and oxygen atoms in total. The van der Waals surface area contributed by atoms with Gasteiger partial charge in [0, 0.05) is 42.1 Å². The molecule has 0 amide bonds. The summed E-state index contributed by atoms with van der Waals surface area (Å²) in [6, 6.07) is 9.70. The smallest absolute Gasteiger partial charge is 0.111 e. The molecule has 7 rings (SSSR count). The summed E-state index contributed by atoms with van der Waals surface area (Å²) in [7, 11) is 2.19.